The number of aliphatic hydroxyl groups is 1. The second kappa shape index (κ2) is 8.47. The Morgan fingerprint density at radius 1 is 1.10 bits per heavy atom. The molecule has 0 unspecified atom stereocenters. The number of allylic oxidation sites excluding steroid dienone is 1. The van der Waals surface area contributed by atoms with Crippen molar-refractivity contribution in [2.45, 2.75) is 71.3 Å². The molecule has 0 aromatic heterocycles. The Labute approximate surface area is 187 Å². The van der Waals surface area contributed by atoms with E-state index < -0.39 is 0 Å². The largest absolute Gasteiger partial charge is 0.489 e. The lowest BCUT2D eigenvalue weighted by Gasteiger charge is -2.49. The molecule has 2 aromatic rings. The highest BCUT2D eigenvalue weighted by atomic mass is 16.5. The van der Waals surface area contributed by atoms with E-state index in [1.54, 1.807) is 5.56 Å². The van der Waals surface area contributed by atoms with Crippen molar-refractivity contribution in [3.8, 4) is 5.75 Å². The summed E-state index contributed by atoms with van der Waals surface area (Å²) in [6.07, 6.45) is 10.6. The lowest BCUT2D eigenvalue weighted by molar-refractivity contribution is 0.0809. The van der Waals surface area contributed by atoms with E-state index >= 15 is 0 Å². The summed E-state index contributed by atoms with van der Waals surface area (Å²) in [4.78, 5) is 0. The van der Waals surface area contributed by atoms with E-state index in [1.165, 1.54) is 60.8 Å². The minimum absolute atomic E-state index is 0.195. The van der Waals surface area contributed by atoms with Crippen molar-refractivity contribution < 1.29 is 9.84 Å². The van der Waals surface area contributed by atoms with Crippen molar-refractivity contribution in [2.24, 2.45) is 17.3 Å². The third-order valence-corrected chi connectivity index (χ3v) is 8.71. The fourth-order valence-corrected chi connectivity index (χ4v) is 7.09. The Balaban J connectivity index is 1.41. The third kappa shape index (κ3) is 3.63. The normalized spacial score (nSPS) is 30.5. The molecular formula is C29H36O2. The standard InChI is InChI=1S/C29H36O2/c1-3-21-17-26-22(18-28(21)31-19-20-7-5-4-6-8-20)9-11-25-24(26)13-15-29(2)23(14-16-30)10-12-27(25)29/h4-8,14,17-18,24-25,27,30H,3,9-13,15-16,19H2,1-2H3/t24-,25+,27-,29+/m0/s1. The number of hydrogen-bond acceptors (Lipinski definition) is 2. The predicted octanol–water partition coefficient (Wildman–Crippen LogP) is 6.60. The summed E-state index contributed by atoms with van der Waals surface area (Å²) in [5, 5.41) is 9.51. The molecule has 0 aliphatic heterocycles. The Hall–Kier alpha value is -2.06. The van der Waals surface area contributed by atoms with Gasteiger partial charge in [0.15, 0.2) is 0 Å². The summed E-state index contributed by atoms with van der Waals surface area (Å²) in [7, 11) is 0. The van der Waals surface area contributed by atoms with Crippen molar-refractivity contribution in [1.29, 1.82) is 0 Å². The van der Waals surface area contributed by atoms with Gasteiger partial charge in [0.2, 0.25) is 0 Å². The molecule has 0 bridgehead atoms. The van der Waals surface area contributed by atoms with Crippen LogP contribution in [-0.2, 0) is 19.4 Å². The van der Waals surface area contributed by atoms with Crippen LogP contribution in [0.5, 0.6) is 5.75 Å². The molecule has 0 heterocycles. The minimum Gasteiger partial charge on any atom is -0.489 e. The van der Waals surface area contributed by atoms with Crippen LogP contribution in [-0.4, -0.2) is 11.7 Å². The lowest BCUT2D eigenvalue weighted by Crippen LogP contribution is -2.40. The Morgan fingerprint density at radius 2 is 1.94 bits per heavy atom. The van der Waals surface area contributed by atoms with E-state index in [4.69, 9.17) is 4.74 Å². The molecule has 0 amide bonds. The van der Waals surface area contributed by atoms with Crippen LogP contribution in [0.4, 0.5) is 0 Å². The van der Waals surface area contributed by atoms with Gasteiger partial charge in [0.1, 0.15) is 12.4 Å². The SMILES string of the molecule is CCc1cc2c(cc1OCc1ccccc1)CC[C@@H]1[C@@H]2CC[C@]2(C)C(=CCO)CC[C@@H]12. The van der Waals surface area contributed by atoms with Crippen LogP contribution in [0.1, 0.15) is 74.1 Å². The number of benzene rings is 2. The molecule has 31 heavy (non-hydrogen) atoms. The molecule has 5 rings (SSSR count). The summed E-state index contributed by atoms with van der Waals surface area (Å²) in [5.74, 6) is 3.34. The third-order valence-electron chi connectivity index (χ3n) is 8.71. The van der Waals surface area contributed by atoms with E-state index in [2.05, 4.69) is 62.4 Å². The molecule has 0 spiro atoms. The van der Waals surface area contributed by atoms with Gasteiger partial charge in [-0.25, -0.2) is 0 Å². The molecule has 1 N–H and O–H groups in total. The van der Waals surface area contributed by atoms with Crippen molar-refractivity contribution in [2.75, 3.05) is 6.61 Å². The van der Waals surface area contributed by atoms with Gasteiger partial charge in [-0.1, -0.05) is 61.9 Å². The average Bonchev–Trinajstić information content (AvgIpc) is 3.14. The molecule has 2 nitrogen and oxygen atoms in total. The average molecular weight is 417 g/mol. The van der Waals surface area contributed by atoms with Gasteiger partial charge in [0, 0.05) is 0 Å². The second-order valence-corrected chi connectivity index (χ2v) is 10.1. The molecular weight excluding hydrogens is 380 g/mol. The summed E-state index contributed by atoms with van der Waals surface area (Å²) in [6.45, 7) is 5.56. The van der Waals surface area contributed by atoms with Crippen LogP contribution in [0.3, 0.4) is 0 Å². The molecule has 0 saturated heterocycles. The first-order valence-corrected chi connectivity index (χ1v) is 12.3. The number of aryl methyl sites for hydroxylation is 2. The fourth-order valence-electron chi connectivity index (χ4n) is 7.09. The van der Waals surface area contributed by atoms with Crippen LogP contribution in [0, 0.1) is 17.3 Å². The topological polar surface area (TPSA) is 29.5 Å². The van der Waals surface area contributed by atoms with Crippen molar-refractivity contribution in [1.82, 2.24) is 0 Å². The van der Waals surface area contributed by atoms with Gasteiger partial charge in [-0.05, 0) is 96.4 Å². The smallest absolute Gasteiger partial charge is 0.123 e. The molecule has 2 saturated carbocycles. The van der Waals surface area contributed by atoms with Crippen molar-refractivity contribution in [3.05, 3.63) is 76.4 Å². The predicted molar refractivity (Wildman–Crippen MR) is 126 cm³/mol. The van der Waals surface area contributed by atoms with Gasteiger partial charge in [0.05, 0.1) is 6.61 Å². The maximum absolute atomic E-state index is 9.51. The lowest BCUT2D eigenvalue weighted by atomic mass is 9.55. The molecule has 2 fully saturated rings. The first kappa shape index (κ1) is 20.8. The van der Waals surface area contributed by atoms with Crippen molar-refractivity contribution in [3.63, 3.8) is 0 Å². The maximum atomic E-state index is 9.51. The Bertz CT molecular complexity index is 960. The minimum atomic E-state index is 0.195. The van der Waals surface area contributed by atoms with Crippen LogP contribution < -0.4 is 4.74 Å². The van der Waals surface area contributed by atoms with Crippen molar-refractivity contribution >= 4 is 0 Å². The van der Waals surface area contributed by atoms with Gasteiger partial charge in [-0.2, -0.15) is 0 Å². The highest BCUT2D eigenvalue weighted by Crippen LogP contribution is 2.62. The first-order chi connectivity index (χ1) is 15.1. The molecule has 4 atom stereocenters. The number of rotatable bonds is 5. The maximum Gasteiger partial charge on any atom is 0.123 e. The number of aliphatic hydroxyl groups excluding tert-OH is 1. The number of hydrogen-bond donors (Lipinski definition) is 1. The Morgan fingerprint density at radius 3 is 2.71 bits per heavy atom. The quantitative estimate of drug-likeness (QED) is 0.556. The highest BCUT2D eigenvalue weighted by Gasteiger charge is 2.52. The summed E-state index contributed by atoms with van der Waals surface area (Å²) in [6, 6.07) is 15.3. The summed E-state index contributed by atoms with van der Waals surface area (Å²) in [5.41, 5.74) is 7.56. The Kier molecular flexibility index (Phi) is 5.69. The van der Waals surface area contributed by atoms with Gasteiger partial charge in [0.25, 0.3) is 0 Å². The van der Waals surface area contributed by atoms with E-state index in [1.807, 2.05) is 0 Å². The molecule has 0 radical (unpaired) electrons. The zero-order valence-electron chi connectivity index (χ0n) is 19.1. The van der Waals surface area contributed by atoms with Gasteiger partial charge >= 0.3 is 0 Å². The molecule has 3 aliphatic rings. The summed E-state index contributed by atoms with van der Waals surface area (Å²) < 4.78 is 6.31. The molecule has 164 valence electrons. The van der Waals surface area contributed by atoms with E-state index in [0.717, 1.165) is 24.0 Å². The first-order valence-electron chi connectivity index (χ1n) is 12.3. The van der Waals surface area contributed by atoms with Gasteiger partial charge in [-0.15, -0.1) is 0 Å². The van der Waals surface area contributed by atoms with Crippen LogP contribution >= 0.6 is 0 Å². The second-order valence-electron chi connectivity index (χ2n) is 10.1. The molecule has 2 heteroatoms. The van der Waals surface area contributed by atoms with E-state index in [-0.39, 0.29) is 6.61 Å². The monoisotopic (exact) mass is 416 g/mol. The molecule has 2 aromatic carbocycles. The van der Waals surface area contributed by atoms with Crippen LogP contribution in [0.2, 0.25) is 0 Å². The zero-order valence-corrected chi connectivity index (χ0v) is 19.1. The van der Waals surface area contributed by atoms with E-state index in [0.29, 0.717) is 17.9 Å². The fraction of sp³-hybridized carbons (Fsp3) is 0.517. The summed E-state index contributed by atoms with van der Waals surface area (Å²) >= 11 is 0. The van der Waals surface area contributed by atoms with Gasteiger partial charge < -0.3 is 9.84 Å². The zero-order chi connectivity index (χ0) is 21.4. The highest BCUT2D eigenvalue weighted by molar-refractivity contribution is 5.47. The van der Waals surface area contributed by atoms with E-state index in [9.17, 15) is 5.11 Å². The van der Waals surface area contributed by atoms with Crippen LogP contribution in [0.25, 0.3) is 0 Å². The number of fused-ring (bicyclic) bond motifs is 5. The number of ether oxygens (including phenoxy) is 1. The van der Waals surface area contributed by atoms with Crippen LogP contribution in [0.15, 0.2) is 54.1 Å². The molecule has 3 aliphatic carbocycles. The van der Waals surface area contributed by atoms with Gasteiger partial charge in [-0.3, -0.25) is 0 Å².